The van der Waals surface area contributed by atoms with Gasteiger partial charge in [0.15, 0.2) is 6.61 Å². The second-order valence-electron chi connectivity index (χ2n) is 5.29. The predicted molar refractivity (Wildman–Crippen MR) is 89.1 cm³/mol. The Kier molecular flexibility index (Phi) is 4.27. The summed E-state index contributed by atoms with van der Waals surface area (Å²) < 4.78 is 5.55. The SMILES string of the molecule is C[C@@H]1Cc2ccccc2N1C(=O)COc1cccc(Cl)c1Cl. The summed E-state index contributed by atoms with van der Waals surface area (Å²) in [6.07, 6.45) is 0.861. The van der Waals surface area contributed by atoms with Crippen molar-refractivity contribution in [2.75, 3.05) is 11.5 Å². The minimum Gasteiger partial charge on any atom is -0.482 e. The Labute approximate surface area is 139 Å². The van der Waals surface area contributed by atoms with Crippen molar-refractivity contribution in [1.29, 1.82) is 0 Å². The minimum absolute atomic E-state index is 0.0707. The number of hydrogen-bond acceptors (Lipinski definition) is 2. The van der Waals surface area contributed by atoms with E-state index < -0.39 is 0 Å². The van der Waals surface area contributed by atoms with Gasteiger partial charge >= 0.3 is 0 Å². The first-order valence-electron chi connectivity index (χ1n) is 7.04. The number of ether oxygens (including phenoxy) is 1. The molecule has 0 saturated heterocycles. The Morgan fingerprint density at radius 2 is 2.00 bits per heavy atom. The fraction of sp³-hybridized carbons (Fsp3) is 0.235. The summed E-state index contributed by atoms with van der Waals surface area (Å²) in [5.74, 6) is 0.330. The van der Waals surface area contributed by atoms with Gasteiger partial charge in [-0.15, -0.1) is 0 Å². The second kappa shape index (κ2) is 6.19. The molecule has 0 spiro atoms. The monoisotopic (exact) mass is 335 g/mol. The molecule has 0 saturated carbocycles. The summed E-state index contributed by atoms with van der Waals surface area (Å²) in [4.78, 5) is 14.3. The number of carbonyl (C=O) groups excluding carboxylic acids is 1. The third-order valence-electron chi connectivity index (χ3n) is 3.74. The third kappa shape index (κ3) is 2.79. The van der Waals surface area contributed by atoms with Crippen molar-refractivity contribution in [1.82, 2.24) is 0 Å². The van der Waals surface area contributed by atoms with Gasteiger partial charge in [-0.2, -0.15) is 0 Å². The van der Waals surface area contributed by atoms with Crippen molar-refractivity contribution < 1.29 is 9.53 Å². The molecule has 0 aliphatic carbocycles. The Balaban J connectivity index is 1.74. The van der Waals surface area contributed by atoms with E-state index in [-0.39, 0.29) is 18.6 Å². The smallest absolute Gasteiger partial charge is 0.265 e. The number of fused-ring (bicyclic) bond motifs is 1. The molecule has 1 amide bonds. The lowest BCUT2D eigenvalue weighted by Gasteiger charge is -2.23. The van der Waals surface area contributed by atoms with Crippen LogP contribution in [0.15, 0.2) is 42.5 Å². The maximum atomic E-state index is 12.5. The predicted octanol–water partition coefficient (Wildman–Crippen LogP) is 4.35. The van der Waals surface area contributed by atoms with Crippen molar-refractivity contribution in [2.45, 2.75) is 19.4 Å². The third-order valence-corrected chi connectivity index (χ3v) is 4.54. The lowest BCUT2D eigenvalue weighted by molar-refractivity contribution is -0.120. The summed E-state index contributed by atoms with van der Waals surface area (Å²) in [6.45, 7) is 1.96. The minimum atomic E-state index is -0.0894. The summed E-state index contributed by atoms with van der Waals surface area (Å²) in [5.41, 5.74) is 2.14. The molecule has 2 aromatic carbocycles. The van der Waals surface area contributed by atoms with Gasteiger partial charge in [0.05, 0.1) is 5.02 Å². The molecule has 114 valence electrons. The molecule has 0 unspecified atom stereocenters. The van der Waals surface area contributed by atoms with Gasteiger partial charge in [-0.1, -0.05) is 47.5 Å². The highest BCUT2D eigenvalue weighted by atomic mass is 35.5. The topological polar surface area (TPSA) is 29.5 Å². The quantitative estimate of drug-likeness (QED) is 0.834. The fourth-order valence-corrected chi connectivity index (χ4v) is 3.10. The van der Waals surface area contributed by atoms with Gasteiger partial charge in [0.25, 0.3) is 5.91 Å². The van der Waals surface area contributed by atoms with Crippen LogP contribution in [0, 0.1) is 0 Å². The van der Waals surface area contributed by atoms with Crippen LogP contribution in [0.2, 0.25) is 10.0 Å². The van der Waals surface area contributed by atoms with Gasteiger partial charge < -0.3 is 9.64 Å². The van der Waals surface area contributed by atoms with E-state index in [1.807, 2.05) is 31.2 Å². The molecule has 0 N–H and O–H groups in total. The first-order chi connectivity index (χ1) is 10.6. The standard InChI is InChI=1S/C17H15Cl2NO2/c1-11-9-12-5-2-3-7-14(12)20(11)16(21)10-22-15-8-4-6-13(18)17(15)19/h2-8,11H,9-10H2,1H3/t11-/m1/s1. The maximum Gasteiger partial charge on any atom is 0.265 e. The van der Waals surface area contributed by atoms with Crippen molar-refractivity contribution in [3.63, 3.8) is 0 Å². The van der Waals surface area contributed by atoms with Crippen LogP contribution in [-0.2, 0) is 11.2 Å². The lowest BCUT2D eigenvalue weighted by atomic mass is 10.1. The van der Waals surface area contributed by atoms with E-state index in [0.29, 0.717) is 15.8 Å². The number of amides is 1. The largest absolute Gasteiger partial charge is 0.482 e. The van der Waals surface area contributed by atoms with Crippen LogP contribution < -0.4 is 9.64 Å². The van der Waals surface area contributed by atoms with E-state index in [0.717, 1.165) is 12.1 Å². The highest BCUT2D eigenvalue weighted by molar-refractivity contribution is 6.42. The zero-order chi connectivity index (χ0) is 15.7. The molecule has 5 heteroatoms. The van der Waals surface area contributed by atoms with Crippen LogP contribution in [0.1, 0.15) is 12.5 Å². The zero-order valence-corrected chi connectivity index (χ0v) is 13.6. The van der Waals surface area contributed by atoms with E-state index in [2.05, 4.69) is 0 Å². The summed E-state index contributed by atoms with van der Waals surface area (Å²) in [7, 11) is 0. The van der Waals surface area contributed by atoms with Gasteiger partial charge in [-0.3, -0.25) is 4.79 Å². The maximum absolute atomic E-state index is 12.5. The van der Waals surface area contributed by atoms with Crippen LogP contribution in [0.3, 0.4) is 0 Å². The molecular weight excluding hydrogens is 321 g/mol. The highest BCUT2D eigenvalue weighted by Crippen LogP contribution is 2.33. The number of benzene rings is 2. The molecule has 2 aromatic rings. The molecule has 0 aromatic heterocycles. The van der Waals surface area contributed by atoms with Crippen LogP contribution >= 0.6 is 23.2 Å². The molecule has 3 nitrogen and oxygen atoms in total. The molecule has 22 heavy (non-hydrogen) atoms. The molecule has 3 rings (SSSR count). The molecule has 1 atom stereocenters. The van der Waals surface area contributed by atoms with Gasteiger partial charge in [-0.25, -0.2) is 0 Å². The van der Waals surface area contributed by atoms with Crippen LogP contribution in [-0.4, -0.2) is 18.6 Å². The molecule has 0 bridgehead atoms. The van der Waals surface area contributed by atoms with E-state index in [1.165, 1.54) is 5.56 Å². The Bertz CT molecular complexity index is 718. The highest BCUT2D eigenvalue weighted by Gasteiger charge is 2.30. The Morgan fingerprint density at radius 3 is 2.82 bits per heavy atom. The summed E-state index contributed by atoms with van der Waals surface area (Å²) in [5, 5.41) is 0.735. The zero-order valence-electron chi connectivity index (χ0n) is 12.1. The van der Waals surface area contributed by atoms with E-state index >= 15 is 0 Å². The number of hydrogen-bond donors (Lipinski definition) is 0. The van der Waals surface area contributed by atoms with E-state index in [1.54, 1.807) is 23.1 Å². The van der Waals surface area contributed by atoms with Crippen LogP contribution in [0.25, 0.3) is 0 Å². The lowest BCUT2D eigenvalue weighted by Crippen LogP contribution is -2.39. The Hall–Kier alpha value is -1.71. The number of halogens is 2. The van der Waals surface area contributed by atoms with Crippen LogP contribution in [0.5, 0.6) is 5.75 Å². The molecular formula is C17H15Cl2NO2. The number of nitrogens with zero attached hydrogens (tertiary/aromatic N) is 1. The van der Waals surface area contributed by atoms with Gasteiger partial charge in [0.1, 0.15) is 10.8 Å². The van der Waals surface area contributed by atoms with Gasteiger partial charge in [0, 0.05) is 11.7 Å². The van der Waals surface area contributed by atoms with Crippen LogP contribution in [0.4, 0.5) is 5.69 Å². The average molecular weight is 336 g/mol. The van der Waals surface area contributed by atoms with Crippen molar-refractivity contribution in [3.8, 4) is 5.75 Å². The van der Waals surface area contributed by atoms with E-state index in [9.17, 15) is 4.79 Å². The van der Waals surface area contributed by atoms with Gasteiger partial charge in [0.2, 0.25) is 0 Å². The van der Waals surface area contributed by atoms with Crippen molar-refractivity contribution in [2.24, 2.45) is 0 Å². The molecule has 0 fully saturated rings. The Morgan fingerprint density at radius 1 is 1.23 bits per heavy atom. The normalized spacial score (nSPS) is 16.5. The van der Waals surface area contributed by atoms with Crippen molar-refractivity contribution >= 4 is 34.8 Å². The molecule has 1 heterocycles. The number of rotatable bonds is 3. The van der Waals surface area contributed by atoms with Crippen molar-refractivity contribution in [3.05, 3.63) is 58.1 Å². The number of anilines is 1. The number of para-hydroxylation sites is 1. The fourth-order valence-electron chi connectivity index (χ4n) is 2.75. The average Bonchev–Trinajstić information content (AvgIpc) is 2.84. The summed E-state index contributed by atoms with van der Waals surface area (Å²) in [6, 6.07) is 13.2. The summed E-state index contributed by atoms with van der Waals surface area (Å²) >= 11 is 12.0. The molecule has 0 radical (unpaired) electrons. The number of carbonyl (C=O) groups is 1. The van der Waals surface area contributed by atoms with Gasteiger partial charge in [-0.05, 0) is 37.1 Å². The first-order valence-corrected chi connectivity index (χ1v) is 7.80. The molecule has 1 aliphatic rings. The first kappa shape index (κ1) is 15.2. The second-order valence-corrected chi connectivity index (χ2v) is 6.07. The molecule has 1 aliphatic heterocycles. The van der Waals surface area contributed by atoms with E-state index in [4.69, 9.17) is 27.9 Å².